The molecular formula is C9H14F3NO. The highest BCUT2D eigenvalue weighted by Gasteiger charge is 2.29. The van der Waals surface area contributed by atoms with Crippen LogP contribution in [0.5, 0.6) is 0 Å². The fraction of sp³-hybridized carbons (Fsp3) is 0.778. The average molecular weight is 209 g/mol. The van der Waals surface area contributed by atoms with Gasteiger partial charge in [0.1, 0.15) is 0 Å². The molecule has 82 valence electrons. The van der Waals surface area contributed by atoms with Gasteiger partial charge in [0, 0.05) is 13.2 Å². The summed E-state index contributed by atoms with van der Waals surface area (Å²) in [5, 5.41) is 8.49. The Morgan fingerprint density at radius 3 is 2.43 bits per heavy atom. The van der Waals surface area contributed by atoms with E-state index in [1.807, 2.05) is 0 Å². The van der Waals surface area contributed by atoms with E-state index in [0.29, 0.717) is 6.42 Å². The Balaban J connectivity index is 4.01. The number of alkyl halides is 3. The predicted molar refractivity (Wildman–Crippen MR) is 47.6 cm³/mol. The van der Waals surface area contributed by atoms with Gasteiger partial charge in [0.15, 0.2) is 0 Å². The molecule has 0 atom stereocenters. The van der Waals surface area contributed by atoms with Gasteiger partial charge >= 0.3 is 6.18 Å². The summed E-state index contributed by atoms with van der Waals surface area (Å²) in [7, 11) is 0. The van der Waals surface area contributed by atoms with Crippen molar-refractivity contribution in [3.8, 4) is 11.8 Å². The molecule has 14 heavy (non-hydrogen) atoms. The third-order valence-corrected chi connectivity index (χ3v) is 1.51. The molecule has 0 unspecified atom stereocenters. The number of halogens is 3. The van der Waals surface area contributed by atoms with E-state index in [1.165, 1.54) is 4.90 Å². The fourth-order valence-corrected chi connectivity index (χ4v) is 0.953. The summed E-state index contributed by atoms with van der Waals surface area (Å²) in [4.78, 5) is 1.17. The zero-order chi connectivity index (χ0) is 11.0. The SMILES string of the molecule is CC#CCN(CCCO)CC(F)(F)F. The molecule has 2 nitrogen and oxygen atoms in total. The Hall–Kier alpha value is -0.730. The predicted octanol–water partition coefficient (Wildman–Crippen LogP) is 1.26. The minimum atomic E-state index is -4.20. The highest BCUT2D eigenvalue weighted by atomic mass is 19.4. The zero-order valence-corrected chi connectivity index (χ0v) is 8.06. The Kier molecular flexibility index (Phi) is 6.34. The molecule has 0 radical (unpaired) electrons. The van der Waals surface area contributed by atoms with Crippen LogP contribution < -0.4 is 0 Å². The third kappa shape index (κ3) is 7.90. The number of hydrogen-bond acceptors (Lipinski definition) is 2. The van der Waals surface area contributed by atoms with Gasteiger partial charge in [-0.15, -0.1) is 5.92 Å². The number of hydrogen-bond donors (Lipinski definition) is 1. The van der Waals surface area contributed by atoms with E-state index in [0.717, 1.165) is 0 Å². The molecule has 0 bridgehead atoms. The molecule has 0 aliphatic carbocycles. The lowest BCUT2D eigenvalue weighted by atomic mass is 10.3. The summed E-state index contributed by atoms with van der Waals surface area (Å²) in [5.41, 5.74) is 0. The summed E-state index contributed by atoms with van der Waals surface area (Å²) < 4.78 is 36.0. The largest absolute Gasteiger partial charge is 0.401 e. The molecule has 1 N–H and O–H groups in total. The van der Waals surface area contributed by atoms with Crippen LogP contribution in [0.25, 0.3) is 0 Å². The van der Waals surface area contributed by atoms with Crippen LogP contribution in [0, 0.1) is 11.8 Å². The van der Waals surface area contributed by atoms with E-state index in [-0.39, 0.29) is 19.7 Å². The van der Waals surface area contributed by atoms with Crippen LogP contribution in [0.15, 0.2) is 0 Å². The highest BCUT2D eigenvalue weighted by Crippen LogP contribution is 2.16. The first-order chi connectivity index (χ1) is 6.49. The minimum absolute atomic E-state index is 0.0933. The molecule has 0 saturated heterocycles. The topological polar surface area (TPSA) is 23.5 Å². The zero-order valence-electron chi connectivity index (χ0n) is 8.06. The van der Waals surface area contributed by atoms with Gasteiger partial charge in [0.25, 0.3) is 0 Å². The normalized spacial score (nSPS) is 11.3. The van der Waals surface area contributed by atoms with Crippen molar-refractivity contribution >= 4 is 0 Å². The maximum Gasteiger partial charge on any atom is 0.401 e. The molecule has 5 heteroatoms. The van der Waals surface area contributed by atoms with E-state index < -0.39 is 12.7 Å². The molecule has 0 amide bonds. The molecule has 0 rings (SSSR count). The quantitative estimate of drug-likeness (QED) is 0.689. The highest BCUT2D eigenvalue weighted by molar-refractivity contribution is 4.97. The Morgan fingerprint density at radius 2 is 2.00 bits per heavy atom. The third-order valence-electron chi connectivity index (χ3n) is 1.51. The van der Waals surface area contributed by atoms with Gasteiger partial charge in [0.05, 0.1) is 13.1 Å². The number of rotatable bonds is 5. The first-order valence-corrected chi connectivity index (χ1v) is 4.29. The molecule has 0 aromatic carbocycles. The van der Waals surface area contributed by atoms with Crippen LogP contribution in [-0.2, 0) is 0 Å². The lowest BCUT2D eigenvalue weighted by molar-refractivity contribution is -0.144. The molecule has 0 saturated carbocycles. The molecule has 0 spiro atoms. The summed E-state index contributed by atoms with van der Waals surface area (Å²) in [6.07, 6.45) is -3.87. The van der Waals surface area contributed by atoms with Crippen molar-refractivity contribution in [2.75, 3.05) is 26.2 Å². The summed E-state index contributed by atoms with van der Waals surface area (Å²) in [6, 6.07) is 0. The lowest BCUT2D eigenvalue weighted by Gasteiger charge is -2.20. The second-order valence-electron chi connectivity index (χ2n) is 2.83. The molecule has 0 aliphatic rings. The van der Waals surface area contributed by atoms with E-state index in [2.05, 4.69) is 11.8 Å². The van der Waals surface area contributed by atoms with Crippen molar-refractivity contribution in [3.05, 3.63) is 0 Å². The van der Waals surface area contributed by atoms with Crippen molar-refractivity contribution in [3.63, 3.8) is 0 Å². The summed E-state index contributed by atoms with van der Waals surface area (Å²) >= 11 is 0. The molecular weight excluding hydrogens is 195 g/mol. The van der Waals surface area contributed by atoms with Crippen LogP contribution in [0.4, 0.5) is 13.2 Å². The van der Waals surface area contributed by atoms with Gasteiger partial charge in [-0.05, 0) is 13.3 Å². The second-order valence-corrected chi connectivity index (χ2v) is 2.83. The number of aliphatic hydroxyl groups is 1. The summed E-state index contributed by atoms with van der Waals surface area (Å²) in [6.45, 7) is 0.814. The van der Waals surface area contributed by atoms with Gasteiger partial charge in [0.2, 0.25) is 0 Å². The van der Waals surface area contributed by atoms with Gasteiger partial charge in [-0.2, -0.15) is 13.2 Å². The number of aliphatic hydroxyl groups excluding tert-OH is 1. The van der Waals surface area contributed by atoms with E-state index in [9.17, 15) is 13.2 Å². The van der Waals surface area contributed by atoms with Crippen molar-refractivity contribution in [2.45, 2.75) is 19.5 Å². The van der Waals surface area contributed by atoms with E-state index in [1.54, 1.807) is 6.92 Å². The van der Waals surface area contributed by atoms with Gasteiger partial charge in [-0.25, -0.2) is 0 Å². The van der Waals surface area contributed by atoms with Crippen LogP contribution in [0.1, 0.15) is 13.3 Å². The maximum atomic E-state index is 12.0. The molecule has 0 aromatic heterocycles. The van der Waals surface area contributed by atoms with Crippen LogP contribution >= 0.6 is 0 Å². The van der Waals surface area contributed by atoms with E-state index >= 15 is 0 Å². The standard InChI is InChI=1S/C9H14F3NO/c1-2-3-5-13(6-4-7-14)8-9(10,11)12/h14H,4-8H2,1H3. The first-order valence-electron chi connectivity index (χ1n) is 4.29. The monoisotopic (exact) mass is 209 g/mol. The van der Waals surface area contributed by atoms with Crippen molar-refractivity contribution in [1.29, 1.82) is 0 Å². The molecule has 0 aliphatic heterocycles. The van der Waals surface area contributed by atoms with Gasteiger partial charge in [-0.3, -0.25) is 4.90 Å². The summed E-state index contributed by atoms with van der Waals surface area (Å²) in [5.74, 6) is 5.11. The maximum absolute atomic E-state index is 12.0. The Bertz CT molecular complexity index is 204. The first kappa shape index (κ1) is 13.3. The molecule has 0 fully saturated rings. The van der Waals surface area contributed by atoms with Crippen LogP contribution in [-0.4, -0.2) is 42.4 Å². The molecule has 0 aromatic rings. The van der Waals surface area contributed by atoms with Gasteiger partial charge in [-0.1, -0.05) is 5.92 Å². The fourth-order valence-electron chi connectivity index (χ4n) is 0.953. The minimum Gasteiger partial charge on any atom is -0.396 e. The number of nitrogens with zero attached hydrogens (tertiary/aromatic N) is 1. The lowest BCUT2D eigenvalue weighted by Crippen LogP contribution is -2.35. The van der Waals surface area contributed by atoms with Crippen LogP contribution in [0.2, 0.25) is 0 Å². The van der Waals surface area contributed by atoms with Gasteiger partial charge < -0.3 is 5.11 Å². The molecule has 0 heterocycles. The second kappa shape index (κ2) is 6.68. The van der Waals surface area contributed by atoms with Crippen LogP contribution in [0.3, 0.4) is 0 Å². The Labute approximate surface area is 81.7 Å². The smallest absolute Gasteiger partial charge is 0.396 e. The average Bonchev–Trinajstić information content (AvgIpc) is 2.07. The van der Waals surface area contributed by atoms with Crippen molar-refractivity contribution in [2.24, 2.45) is 0 Å². The van der Waals surface area contributed by atoms with Crippen molar-refractivity contribution in [1.82, 2.24) is 4.90 Å². The van der Waals surface area contributed by atoms with Crippen molar-refractivity contribution < 1.29 is 18.3 Å². The van der Waals surface area contributed by atoms with E-state index in [4.69, 9.17) is 5.11 Å². The Morgan fingerprint density at radius 1 is 1.36 bits per heavy atom.